The van der Waals surface area contributed by atoms with Crippen molar-refractivity contribution in [2.75, 3.05) is 0 Å². The number of aromatic nitrogens is 3. The Morgan fingerprint density at radius 3 is 2.42 bits per heavy atom. The molecular formula is C19H12ClN3O. The number of rotatable bonds is 3. The average Bonchev–Trinajstić information content (AvgIpc) is 3.01. The van der Waals surface area contributed by atoms with Crippen LogP contribution in [0.4, 0.5) is 0 Å². The zero-order valence-corrected chi connectivity index (χ0v) is 13.3. The molecule has 0 spiro atoms. The Bertz CT molecular complexity index is 1030. The van der Waals surface area contributed by atoms with Gasteiger partial charge in [0, 0.05) is 28.4 Å². The molecule has 0 unspecified atom stereocenters. The highest BCUT2D eigenvalue weighted by Crippen LogP contribution is 2.27. The van der Waals surface area contributed by atoms with E-state index in [0.717, 1.165) is 10.9 Å². The molecule has 2 aromatic carbocycles. The summed E-state index contributed by atoms with van der Waals surface area (Å²) in [6, 6.07) is 18.2. The first kappa shape index (κ1) is 14.6. The number of hydrogen-bond acceptors (Lipinski definition) is 3. The van der Waals surface area contributed by atoms with Crippen LogP contribution >= 0.6 is 11.6 Å². The molecule has 2 aromatic heterocycles. The molecule has 5 heteroatoms. The van der Waals surface area contributed by atoms with Crippen molar-refractivity contribution in [2.24, 2.45) is 0 Å². The number of ketones is 1. The predicted octanol–water partition coefficient (Wildman–Crippen LogP) is 4.30. The van der Waals surface area contributed by atoms with Gasteiger partial charge in [-0.15, -0.1) is 0 Å². The third kappa shape index (κ3) is 2.47. The van der Waals surface area contributed by atoms with Crippen LogP contribution in [0.5, 0.6) is 0 Å². The second-order valence-electron chi connectivity index (χ2n) is 5.31. The fraction of sp³-hybridized carbons (Fsp3) is 0. The molecule has 0 bridgehead atoms. The van der Waals surface area contributed by atoms with Crippen molar-refractivity contribution in [3.63, 3.8) is 0 Å². The molecule has 4 nitrogen and oxygen atoms in total. The van der Waals surface area contributed by atoms with E-state index >= 15 is 0 Å². The first-order valence-corrected chi connectivity index (χ1v) is 7.80. The van der Waals surface area contributed by atoms with E-state index in [2.05, 4.69) is 9.97 Å². The highest BCUT2D eigenvalue weighted by atomic mass is 35.5. The fourth-order valence-corrected chi connectivity index (χ4v) is 2.87. The summed E-state index contributed by atoms with van der Waals surface area (Å²) in [5, 5.41) is 1.50. The molecular weight excluding hydrogens is 322 g/mol. The maximum Gasteiger partial charge on any atom is 0.234 e. The largest absolute Gasteiger partial charge is 0.287 e. The Balaban J connectivity index is 2.00. The van der Waals surface area contributed by atoms with E-state index in [-0.39, 0.29) is 5.78 Å². The molecule has 24 heavy (non-hydrogen) atoms. The van der Waals surface area contributed by atoms with Crippen LogP contribution in [-0.4, -0.2) is 20.3 Å². The van der Waals surface area contributed by atoms with Crippen LogP contribution < -0.4 is 0 Å². The number of carbonyl (C=O) groups excluding carboxylic acids is 1. The van der Waals surface area contributed by atoms with Gasteiger partial charge >= 0.3 is 0 Å². The van der Waals surface area contributed by atoms with Gasteiger partial charge in [-0.05, 0) is 24.3 Å². The number of halogens is 1. The Labute approximate surface area is 143 Å². The van der Waals surface area contributed by atoms with E-state index in [1.54, 1.807) is 41.2 Å². The molecule has 0 fully saturated rings. The molecule has 0 radical (unpaired) electrons. The highest BCUT2D eigenvalue weighted by Gasteiger charge is 2.19. The van der Waals surface area contributed by atoms with Gasteiger partial charge in [-0.25, -0.2) is 9.97 Å². The van der Waals surface area contributed by atoms with Crippen LogP contribution in [0.3, 0.4) is 0 Å². The molecule has 2 heterocycles. The Kier molecular flexibility index (Phi) is 3.59. The van der Waals surface area contributed by atoms with Gasteiger partial charge in [0.2, 0.25) is 11.7 Å². The zero-order valence-electron chi connectivity index (χ0n) is 12.6. The first-order chi connectivity index (χ1) is 11.7. The lowest BCUT2D eigenvalue weighted by Crippen LogP contribution is -2.11. The maximum atomic E-state index is 13.0. The minimum absolute atomic E-state index is 0.0876. The molecule has 4 rings (SSSR count). The van der Waals surface area contributed by atoms with Crippen molar-refractivity contribution in [1.82, 2.24) is 14.5 Å². The van der Waals surface area contributed by atoms with Gasteiger partial charge in [0.1, 0.15) is 0 Å². The topological polar surface area (TPSA) is 47.8 Å². The quantitative estimate of drug-likeness (QED) is 0.525. The highest BCUT2D eigenvalue weighted by molar-refractivity contribution is 6.31. The lowest BCUT2D eigenvalue weighted by Gasteiger charge is -2.08. The smallest absolute Gasteiger partial charge is 0.234 e. The van der Waals surface area contributed by atoms with Crippen molar-refractivity contribution in [2.45, 2.75) is 0 Å². The first-order valence-electron chi connectivity index (χ1n) is 7.42. The molecule has 0 N–H and O–H groups in total. The summed E-state index contributed by atoms with van der Waals surface area (Å²) in [5.41, 5.74) is 1.92. The normalized spacial score (nSPS) is 10.9. The SMILES string of the molecule is O=C(c1ccccc1)c1cc2ccc(Cl)cc2n1-c1ncccn1. The fourth-order valence-electron chi connectivity index (χ4n) is 2.70. The second kappa shape index (κ2) is 5.91. The summed E-state index contributed by atoms with van der Waals surface area (Å²) in [5.74, 6) is 0.351. The number of fused-ring (bicyclic) bond motifs is 1. The molecule has 4 aromatic rings. The van der Waals surface area contributed by atoms with Gasteiger partial charge in [-0.2, -0.15) is 0 Å². The van der Waals surface area contributed by atoms with E-state index in [9.17, 15) is 4.79 Å². The monoisotopic (exact) mass is 333 g/mol. The van der Waals surface area contributed by atoms with Crippen molar-refractivity contribution in [3.05, 3.63) is 89.3 Å². The maximum absolute atomic E-state index is 13.0. The third-order valence-electron chi connectivity index (χ3n) is 3.79. The summed E-state index contributed by atoms with van der Waals surface area (Å²) in [7, 11) is 0. The zero-order chi connectivity index (χ0) is 16.5. The van der Waals surface area contributed by atoms with E-state index in [0.29, 0.717) is 22.2 Å². The molecule has 0 aliphatic rings. The lowest BCUT2D eigenvalue weighted by atomic mass is 10.1. The third-order valence-corrected chi connectivity index (χ3v) is 4.02. The van der Waals surface area contributed by atoms with Crippen molar-refractivity contribution in [3.8, 4) is 5.95 Å². The number of carbonyl (C=O) groups is 1. The molecule has 0 amide bonds. The predicted molar refractivity (Wildman–Crippen MR) is 93.7 cm³/mol. The molecule has 0 atom stereocenters. The van der Waals surface area contributed by atoms with E-state index in [1.807, 2.05) is 36.4 Å². The van der Waals surface area contributed by atoms with Gasteiger partial charge in [0.25, 0.3) is 0 Å². The van der Waals surface area contributed by atoms with E-state index in [1.165, 1.54) is 0 Å². The molecule has 0 saturated heterocycles. The number of nitrogens with zero attached hydrogens (tertiary/aromatic N) is 3. The lowest BCUT2D eigenvalue weighted by molar-refractivity contribution is 0.103. The Morgan fingerprint density at radius 1 is 0.917 bits per heavy atom. The summed E-state index contributed by atoms with van der Waals surface area (Å²) >= 11 is 6.14. The number of hydrogen-bond donors (Lipinski definition) is 0. The van der Waals surface area contributed by atoms with E-state index in [4.69, 9.17) is 11.6 Å². The number of benzene rings is 2. The molecule has 0 aliphatic heterocycles. The Hall–Kier alpha value is -2.98. The van der Waals surface area contributed by atoms with E-state index < -0.39 is 0 Å². The van der Waals surface area contributed by atoms with Gasteiger partial charge in [0.05, 0.1) is 11.2 Å². The van der Waals surface area contributed by atoms with Crippen LogP contribution in [0.15, 0.2) is 73.1 Å². The summed E-state index contributed by atoms with van der Waals surface area (Å²) in [6.07, 6.45) is 3.30. The van der Waals surface area contributed by atoms with Gasteiger partial charge in [-0.3, -0.25) is 9.36 Å². The standard InChI is InChI=1S/C19H12ClN3O/c20-15-8-7-14-11-17(18(24)13-5-2-1-3-6-13)23(16(14)12-15)19-21-9-4-10-22-19/h1-12H. The van der Waals surface area contributed by atoms with Gasteiger partial charge in [-0.1, -0.05) is 48.0 Å². The van der Waals surface area contributed by atoms with Crippen LogP contribution in [0.1, 0.15) is 16.1 Å². The summed E-state index contributed by atoms with van der Waals surface area (Å²) in [6.45, 7) is 0. The molecule has 0 saturated carbocycles. The van der Waals surface area contributed by atoms with Gasteiger partial charge < -0.3 is 0 Å². The van der Waals surface area contributed by atoms with Crippen molar-refractivity contribution in [1.29, 1.82) is 0 Å². The minimum atomic E-state index is -0.0876. The van der Waals surface area contributed by atoms with Crippen LogP contribution in [0, 0.1) is 0 Å². The van der Waals surface area contributed by atoms with Gasteiger partial charge in [0.15, 0.2) is 0 Å². The summed E-state index contributed by atoms with van der Waals surface area (Å²) in [4.78, 5) is 21.6. The average molecular weight is 334 g/mol. The van der Waals surface area contributed by atoms with Crippen molar-refractivity contribution < 1.29 is 4.79 Å². The Morgan fingerprint density at radius 2 is 1.67 bits per heavy atom. The van der Waals surface area contributed by atoms with Crippen molar-refractivity contribution >= 4 is 28.3 Å². The molecule has 116 valence electrons. The van der Waals surface area contributed by atoms with Crippen LogP contribution in [0.2, 0.25) is 5.02 Å². The second-order valence-corrected chi connectivity index (χ2v) is 5.75. The minimum Gasteiger partial charge on any atom is -0.287 e. The molecule has 0 aliphatic carbocycles. The van der Waals surface area contributed by atoms with Crippen LogP contribution in [-0.2, 0) is 0 Å². The van der Waals surface area contributed by atoms with Crippen LogP contribution in [0.25, 0.3) is 16.9 Å². The summed E-state index contributed by atoms with van der Waals surface area (Å²) < 4.78 is 1.75.